The zero-order chi connectivity index (χ0) is 18.2. The first kappa shape index (κ1) is 18.5. The molecule has 0 saturated heterocycles. The number of nitrogens with zero attached hydrogens (tertiary/aromatic N) is 2. The molecule has 0 atom stereocenters. The average molecular weight is 343 g/mol. The largest absolute Gasteiger partial charge is 0.359 e. The monoisotopic (exact) mass is 343 g/mol. The standard InChI is InChI=1S/C18H25N5O2/c1-13(2)12-23-9-8-20-16(23)11-21-18(25)22-15-6-4-14(5-7-15)10-17(24)19-3/h4-9,13H,10-12H2,1-3H3,(H,19,24)(H2,21,22,25). The van der Waals surface area contributed by atoms with E-state index in [0.29, 0.717) is 24.6 Å². The molecule has 0 saturated carbocycles. The van der Waals surface area contributed by atoms with Crippen LogP contribution in [0.2, 0.25) is 0 Å². The quantitative estimate of drug-likeness (QED) is 0.720. The molecule has 1 aromatic heterocycles. The van der Waals surface area contributed by atoms with E-state index < -0.39 is 0 Å². The lowest BCUT2D eigenvalue weighted by Crippen LogP contribution is -2.29. The van der Waals surface area contributed by atoms with Crippen molar-refractivity contribution in [2.45, 2.75) is 33.4 Å². The summed E-state index contributed by atoms with van der Waals surface area (Å²) >= 11 is 0. The minimum absolute atomic E-state index is 0.0460. The van der Waals surface area contributed by atoms with Crippen LogP contribution in [-0.4, -0.2) is 28.5 Å². The number of carbonyl (C=O) groups excluding carboxylic acids is 2. The van der Waals surface area contributed by atoms with Gasteiger partial charge < -0.3 is 20.5 Å². The third-order valence-corrected chi connectivity index (χ3v) is 3.63. The number of nitrogens with one attached hydrogen (secondary N) is 3. The van der Waals surface area contributed by atoms with Gasteiger partial charge in [-0.25, -0.2) is 9.78 Å². The van der Waals surface area contributed by atoms with Crippen molar-refractivity contribution in [1.82, 2.24) is 20.2 Å². The Balaban J connectivity index is 1.84. The van der Waals surface area contributed by atoms with Crippen molar-refractivity contribution in [1.29, 1.82) is 0 Å². The Kier molecular flexibility index (Phi) is 6.56. The second-order valence-electron chi connectivity index (χ2n) is 6.24. The van der Waals surface area contributed by atoms with Crippen LogP contribution in [0.15, 0.2) is 36.7 Å². The lowest BCUT2D eigenvalue weighted by molar-refractivity contribution is -0.119. The molecule has 0 aliphatic heterocycles. The van der Waals surface area contributed by atoms with Gasteiger partial charge in [-0.3, -0.25) is 4.79 Å². The summed E-state index contributed by atoms with van der Waals surface area (Å²) in [5, 5.41) is 8.16. The molecular weight excluding hydrogens is 318 g/mol. The van der Waals surface area contributed by atoms with Crippen LogP contribution in [0.25, 0.3) is 0 Å². The Labute approximate surface area is 147 Å². The van der Waals surface area contributed by atoms with Gasteiger partial charge in [0.25, 0.3) is 0 Å². The number of imidazole rings is 1. The van der Waals surface area contributed by atoms with Gasteiger partial charge in [-0.2, -0.15) is 0 Å². The fourth-order valence-electron chi connectivity index (χ4n) is 2.38. The maximum absolute atomic E-state index is 12.0. The second kappa shape index (κ2) is 8.86. The van der Waals surface area contributed by atoms with E-state index in [1.54, 1.807) is 25.4 Å². The second-order valence-corrected chi connectivity index (χ2v) is 6.24. The fraction of sp³-hybridized carbons (Fsp3) is 0.389. The normalized spacial score (nSPS) is 10.6. The molecule has 134 valence electrons. The van der Waals surface area contributed by atoms with E-state index in [-0.39, 0.29) is 11.9 Å². The molecule has 7 nitrogen and oxygen atoms in total. The van der Waals surface area contributed by atoms with Crippen molar-refractivity contribution in [3.63, 3.8) is 0 Å². The fourth-order valence-corrected chi connectivity index (χ4v) is 2.38. The predicted octanol–water partition coefficient (Wildman–Crippen LogP) is 2.15. The van der Waals surface area contributed by atoms with E-state index in [0.717, 1.165) is 17.9 Å². The maximum Gasteiger partial charge on any atom is 0.319 e. The van der Waals surface area contributed by atoms with E-state index in [4.69, 9.17) is 0 Å². The molecule has 0 spiro atoms. The smallest absolute Gasteiger partial charge is 0.319 e. The molecule has 3 N–H and O–H groups in total. The van der Waals surface area contributed by atoms with Gasteiger partial charge >= 0.3 is 6.03 Å². The van der Waals surface area contributed by atoms with Gasteiger partial charge in [0.1, 0.15) is 5.82 Å². The van der Waals surface area contributed by atoms with E-state index in [2.05, 4.69) is 34.8 Å². The Morgan fingerprint density at radius 2 is 1.92 bits per heavy atom. The van der Waals surface area contributed by atoms with E-state index in [1.807, 2.05) is 22.9 Å². The summed E-state index contributed by atoms with van der Waals surface area (Å²) in [4.78, 5) is 27.6. The molecule has 1 heterocycles. The molecule has 7 heteroatoms. The lowest BCUT2D eigenvalue weighted by Gasteiger charge is -2.12. The van der Waals surface area contributed by atoms with Crippen LogP contribution in [0.4, 0.5) is 10.5 Å². The molecule has 0 aliphatic rings. The molecule has 0 radical (unpaired) electrons. The molecule has 1 aromatic carbocycles. The first-order valence-electron chi connectivity index (χ1n) is 8.32. The minimum atomic E-state index is -0.293. The van der Waals surface area contributed by atoms with Crippen molar-refractivity contribution in [3.8, 4) is 0 Å². The SMILES string of the molecule is CNC(=O)Cc1ccc(NC(=O)NCc2nccn2CC(C)C)cc1. The molecule has 2 rings (SSSR count). The topological polar surface area (TPSA) is 88.1 Å². The number of benzene rings is 1. The summed E-state index contributed by atoms with van der Waals surface area (Å²) in [5.74, 6) is 1.29. The van der Waals surface area contributed by atoms with Crippen molar-refractivity contribution >= 4 is 17.6 Å². The summed E-state index contributed by atoms with van der Waals surface area (Å²) in [5.41, 5.74) is 1.56. The van der Waals surface area contributed by atoms with Crippen molar-refractivity contribution in [2.24, 2.45) is 5.92 Å². The predicted molar refractivity (Wildman–Crippen MR) is 97.1 cm³/mol. The molecule has 0 aliphatic carbocycles. The van der Waals surface area contributed by atoms with Gasteiger partial charge in [-0.15, -0.1) is 0 Å². The molecule has 25 heavy (non-hydrogen) atoms. The highest BCUT2D eigenvalue weighted by molar-refractivity contribution is 5.89. The van der Waals surface area contributed by atoms with Crippen molar-refractivity contribution < 1.29 is 9.59 Å². The van der Waals surface area contributed by atoms with Crippen molar-refractivity contribution in [2.75, 3.05) is 12.4 Å². The molecule has 0 bridgehead atoms. The minimum Gasteiger partial charge on any atom is -0.359 e. The average Bonchev–Trinajstić information content (AvgIpc) is 3.01. The first-order chi connectivity index (χ1) is 12.0. The van der Waals surface area contributed by atoms with E-state index in [1.165, 1.54) is 0 Å². The number of rotatable bonds is 7. The van der Waals surface area contributed by atoms with Crippen LogP contribution in [0.1, 0.15) is 25.2 Å². The Hall–Kier alpha value is -2.83. The van der Waals surface area contributed by atoms with Gasteiger partial charge in [0.15, 0.2) is 0 Å². The number of hydrogen-bond donors (Lipinski definition) is 3. The lowest BCUT2D eigenvalue weighted by atomic mass is 10.1. The summed E-state index contributed by atoms with van der Waals surface area (Å²) < 4.78 is 2.04. The van der Waals surface area contributed by atoms with Crippen LogP contribution >= 0.6 is 0 Å². The molecule has 0 fully saturated rings. The third-order valence-electron chi connectivity index (χ3n) is 3.63. The zero-order valence-electron chi connectivity index (χ0n) is 14.9. The number of carbonyl (C=O) groups is 2. The number of likely N-dealkylation sites (N-methyl/N-ethyl adjacent to an activating group) is 1. The van der Waals surface area contributed by atoms with Crippen molar-refractivity contribution in [3.05, 3.63) is 48.0 Å². The van der Waals surface area contributed by atoms with Crippen LogP contribution in [-0.2, 0) is 24.3 Å². The highest BCUT2D eigenvalue weighted by Gasteiger charge is 2.07. The Bertz CT molecular complexity index is 707. The maximum atomic E-state index is 12.0. The Morgan fingerprint density at radius 3 is 2.56 bits per heavy atom. The number of aromatic nitrogens is 2. The van der Waals surface area contributed by atoms with Gasteiger partial charge in [0.05, 0.1) is 13.0 Å². The summed E-state index contributed by atoms with van der Waals surface area (Å²) in [6.45, 7) is 5.50. The number of amides is 3. The highest BCUT2D eigenvalue weighted by atomic mass is 16.2. The van der Waals surface area contributed by atoms with Gasteiger partial charge in [0.2, 0.25) is 5.91 Å². The third kappa shape index (κ3) is 5.95. The summed E-state index contributed by atoms with van der Waals surface area (Å²) in [6, 6.07) is 6.90. The number of hydrogen-bond acceptors (Lipinski definition) is 3. The van der Waals surface area contributed by atoms with Crippen LogP contribution < -0.4 is 16.0 Å². The van der Waals surface area contributed by atoms with E-state index >= 15 is 0 Å². The van der Waals surface area contributed by atoms with Crippen LogP contribution in [0.3, 0.4) is 0 Å². The highest BCUT2D eigenvalue weighted by Crippen LogP contribution is 2.10. The zero-order valence-corrected chi connectivity index (χ0v) is 14.9. The molecular formula is C18H25N5O2. The van der Waals surface area contributed by atoms with Gasteiger partial charge in [-0.05, 0) is 23.6 Å². The number of urea groups is 1. The first-order valence-corrected chi connectivity index (χ1v) is 8.32. The molecule has 2 aromatic rings. The van der Waals surface area contributed by atoms with Gasteiger partial charge in [0, 0.05) is 31.7 Å². The van der Waals surface area contributed by atoms with Crippen LogP contribution in [0, 0.1) is 5.92 Å². The summed E-state index contributed by atoms with van der Waals surface area (Å²) in [6.07, 6.45) is 3.98. The van der Waals surface area contributed by atoms with E-state index in [9.17, 15) is 9.59 Å². The molecule has 3 amide bonds. The number of anilines is 1. The Morgan fingerprint density at radius 1 is 1.20 bits per heavy atom. The van der Waals surface area contributed by atoms with Crippen LogP contribution in [0.5, 0.6) is 0 Å². The summed E-state index contributed by atoms with van der Waals surface area (Å²) in [7, 11) is 1.61. The molecule has 0 unspecified atom stereocenters. The van der Waals surface area contributed by atoms with Gasteiger partial charge in [-0.1, -0.05) is 26.0 Å².